The lowest BCUT2D eigenvalue weighted by Crippen LogP contribution is -2.11. The number of primary sulfonamides is 1. The van der Waals surface area contributed by atoms with E-state index >= 15 is 0 Å². The number of nitrogens with two attached hydrogens (primary N) is 1. The Bertz CT molecular complexity index is 877. The minimum atomic E-state index is -3.74. The van der Waals surface area contributed by atoms with Crippen molar-refractivity contribution in [1.29, 1.82) is 0 Å². The van der Waals surface area contributed by atoms with Gasteiger partial charge >= 0.3 is 0 Å². The zero-order valence-corrected chi connectivity index (χ0v) is 11.7. The van der Waals surface area contributed by atoms with Crippen molar-refractivity contribution in [2.75, 3.05) is 0 Å². The highest BCUT2D eigenvalue weighted by Gasteiger charge is 2.17. The van der Waals surface area contributed by atoms with Crippen LogP contribution >= 0.6 is 0 Å². The molecule has 0 saturated carbocycles. The molecular weight excluding hydrogens is 276 g/mol. The van der Waals surface area contributed by atoms with E-state index in [9.17, 15) is 8.42 Å². The average molecular weight is 290 g/mol. The number of aromatic nitrogens is 3. The first-order valence-corrected chi connectivity index (χ1v) is 7.58. The van der Waals surface area contributed by atoms with Gasteiger partial charge in [0.2, 0.25) is 10.0 Å². The Morgan fingerprint density at radius 3 is 2.65 bits per heavy atom. The summed E-state index contributed by atoms with van der Waals surface area (Å²) in [6.45, 7) is 0.546. The number of hydrogen-bond donors (Lipinski definition) is 1. The van der Waals surface area contributed by atoms with Crippen molar-refractivity contribution in [3.63, 3.8) is 0 Å². The summed E-state index contributed by atoms with van der Waals surface area (Å²) in [5.74, 6) is 0. The van der Waals surface area contributed by atoms with Crippen molar-refractivity contribution in [2.45, 2.75) is 11.4 Å². The maximum atomic E-state index is 11.7. The monoisotopic (exact) mass is 290 g/mol. The Morgan fingerprint density at radius 2 is 2.00 bits per heavy atom. The Balaban J connectivity index is 2.16. The molecule has 0 unspecified atom stereocenters. The molecule has 2 N–H and O–H groups in total. The number of hydrogen-bond acceptors (Lipinski definition) is 3. The van der Waals surface area contributed by atoms with Crippen LogP contribution in [0.3, 0.4) is 0 Å². The normalized spacial score (nSPS) is 12.1. The second-order valence-corrected chi connectivity index (χ2v) is 6.24. The first-order chi connectivity index (χ1) is 9.45. The van der Waals surface area contributed by atoms with Gasteiger partial charge in [-0.2, -0.15) is 5.10 Å². The van der Waals surface area contributed by atoms with Crippen molar-refractivity contribution in [2.24, 2.45) is 12.2 Å². The third-order valence-electron chi connectivity index (χ3n) is 3.17. The van der Waals surface area contributed by atoms with Crippen LogP contribution < -0.4 is 5.14 Å². The van der Waals surface area contributed by atoms with E-state index in [-0.39, 0.29) is 4.90 Å². The number of nitrogens with zero attached hydrogens (tertiary/aromatic N) is 3. The van der Waals surface area contributed by atoms with Gasteiger partial charge in [-0.15, -0.1) is 0 Å². The van der Waals surface area contributed by atoms with Crippen LogP contribution in [0.15, 0.2) is 47.8 Å². The minimum absolute atomic E-state index is 0.150. The van der Waals surface area contributed by atoms with Gasteiger partial charge in [-0.25, -0.2) is 13.6 Å². The van der Waals surface area contributed by atoms with Crippen LogP contribution in [0.5, 0.6) is 0 Å². The molecule has 20 heavy (non-hydrogen) atoms. The molecule has 1 aromatic carbocycles. The highest BCUT2D eigenvalue weighted by atomic mass is 32.2. The highest BCUT2D eigenvalue weighted by molar-refractivity contribution is 7.89. The smallest absolute Gasteiger partial charge is 0.240 e. The van der Waals surface area contributed by atoms with E-state index in [1.807, 2.05) is 29.9 Å². The van der Waals surface area contributed by atoms with Crippen LogP contribution in [0, 0.1) is 0 Å². The van der Waals surface area contributed by atoms with Crippen molar-refractivity contribution in [1.82, 2.24) is 14.3 Å². The third-order valence-corrected chi connectivity index (χ3v) is 4.11. The zero-order chi connectivity index (χ0) is 14.3. The molecule has 0 radical (unpaired) electrons. The number of rotatable bonds is 3. The lowest BCUT2D eigenvalue weighted by Gasteiger charge is -2.02. The van der Waals surface area contributed by atoms with E-state index in [0.29, 0.717) is 11.9 Å². The van der Waals surface area contributed by atoms with E-state index in [1.165, 1.54) is 0 Å². The molecule has 104 valence electrons. The molecular formula is C13H14N4O2S. The minimum Gasteiger partial charge on any atom is -0.342 e. The molecule has 0 aliphatic carbocycles. The van der Waals surface area contributed by atoms with Crippen LogP contribution in [-0.2, 0) is 23.6 Å². The van der Waals surface area contributed by atoms with Gasteiger partial charge in [0.1, 0.15) is 4.90 Å². The molecule has 2 heterocycles. The van der Waals surface area contributed by atoms with Crippen LogP contribution in [0.25, 0.3) is 10.9 Å². The molecule has 0 aliphatic heterocycles. The standard InChI is InChI=1S/C13H14N4O2S/c1-16-7-10(6-15-16)8-17-9-13(20(14,18)19)11-4-2-3-5-12(11)17/h2-7,9H,8H2,1H3,(H2,14,18,19). The van der Waals surface area contributed by atoms with Crippen molar-refractivity contribution in [3.8, 4) is 0 Å². The summed E-state index contributed by atoms with van der Waals surface area (Å²) in [6, 6.07) is 7.30. The van der Waals surface area contributed by atoms with Crippen molar-refractivity contribution < 1.29 is 8.42 Å². The lowest BCUT2D eigenvalue weighted by molar-refractivity contribution is 0.598. The maximum absolute atomic E-state index is 11.7. The summed E-state index contributed by atoms with van der Waals surface area (Å²) in [5, 5.41) is 10.0. The van der Waals surface area contributed by atoms with Gasteiger partial charge in [0, 0.05) is 35.9 Å². The molecule has 0 spiro atoms. The Kier molecular flexibility index (Phi) is 2.88. The lowest BCUT2D eigenvalue weighted by atomic mass is 10.2. The fraction of sp³-hybridized carbons (Fsp3) is 0.154. The highest BCUT2D eigenvalue weighted by Crippen LogP contribution is 2.25. The topological polar surface area (TPSA) is 82.9 Å². The summed E-state index contributed by atoms with van der Waals surface area (Å²) in [4.78, 5) is 0.150. The predicted molar refractivity (Wildman–Crippen MR) is 75.6 cm³/mol. The largest absolute Gasteiger partial charge is 0.342 e. The molecule has 7 heteroatoms. The van der Waals surface area contributed by atoms with Crippen molar-refractivity contribution >= 4 is 20.9 Å². The van der Waals surface area contributed by atoms with Crippen LogP contribution in [0.4, 0.5) is 0 Å². The quantitative estimate of drug-likeness (QED) is 0.783. The predicted octanol–water partition coefficient (Wildman–Crippen LogP) is 1.07. The van der Waals surface area contributed by atoms with Crippen LogP contribution in [0.2, 0.25) is 0 Å². The molecule has 0 amide bonds. The maximum Gasteiger partial charge on any atom is 0.240 e. The van der Waals surface area contributed by atoms with Gasteiger partial charge in [0.05, 0.1) is 12.7 Å². The molecule has 2 aromatic heterocycles. The van der Waals surface area contributed by atoms with Gasteiger partial charge in [0.25, 0.3) is 0 Å². The van der Waals surface area contributed by atoms with Crippen molar-refractivity contribution in [3.05, 3.63) is 48.4 Å². The van der Waals surface area contributed by atoms with Gasteiger partial charge in [-0.3, -0.25) is 4.68 Å². The van der Waals surface area contributed by atoms with Gasteiger partial charge in [-0.05, 0) is 6.07 Å². The second-order valence-electron chi connectivity index (χ2n) is 4.71. The summed E-state index contributed by atoms with van der Waals surface area (Å²) in [6.07, 6.45) is 5.23. The summed E-state index contributed by atoms with van der Waals surface area (Å²) < 4.78 is 26.9. The fourth-order valence-electron chi connectivity index (χ4n) is 2.32. The molecule has 3 rings (SSSR count). The van der Waals surface area contributed by atoms with E-state index in [4.69, 9.17) is 5.14 Å². The SMILES string of the molecule is Cn1cc(Cn2cc(S(N)(=O)=O)c3ccccc32)cn1. The van der Waals surface area contributed by atoms with E-state index in [1.54, 1.807) is 29.2 Å². The summed E-state index contributed by atoms with van der Waals surface area (Å²) in [7, 11) is -1.90. The van der Waals surface area contributed by atoms with Crippen LogP contribution in [-0.4, -0.2) is 22.8 Å². The van der Waals surface area contributed by atoms with Crippen LogP contribution in [0.1, 0.15) is 5.56 Å². The number of aryl methyl sites for hydroxylation is 1. The molecule has 3 aromatic rings. The summed E-state index contributed by atoms with van der Waals surface area (Å²) >= 11 is 0. The van der Waals surface area contributed by atoms with Gasteiger partial charge < -0.3 is 4.57 Å². The molecule has 0 saturated heterocycles. The molecule has 0 fully saturated rings. The Labute approximate surface area is 116 Å². The van der Waals surface area contributed by atoms with Gasteiger partial charge in [-0.1, -0.05) is 18.2 Å². The van der Waals surface area contributed by atoms with E-state index in [2.05, 4.69) is 5.10 Å². The number of sulfonamides is 1. The first-order valence-electron chi connectivity index (χ1n) is 6.03. The molecule has 0 bridgehead atoms. The summed E-state index contributed by atoms with van der Waals surface area (Å²) in [5.41, 5.74) is 1.83. The Morgan fingerprint density at radius 1 is 1.25 bits per heavy atom. The Hall–Kier alpha value is -2.12. The average Bonchev–Trinajstić information content (AvgIpc) is 2.94. The van der Waals surface area contributed by atoms with E-state index < -0.39 is 10.0 Å². The molecule has 6 nitrogen and oxygen atoms in total. The number of benzene rings is 1. The zero-order valence-electron chi connectivity index (χ0n) is 10.9. The van der Waals surface area contributed by atoms with E-state index in [0.717, 1.165) is 11.1 Å². The number of fused-ring (bicyclic) bond motifs is 1. The number of para-hydroxylation sites is 1. The fourth-order valence-corrected chi connectivity index (χ4v) is 3.07. The van der Waals surface area contributed by atoms with Gasteiger partial charge in [0.15, 0.2) is 0 Å². The first kappa shape index (κ1) is 12.9. The third kappa shape index (κ3) is 2.21. The second kappa shape index (κ2) is 4.46. The molecule has 0 atom stereocenters. The molecule has 0 aliphatic rings.